The van der Waals surface area contributed by atoms with Crippen molar-refractivity contribution >= 4 is 45.1 Å². The zero-order valence-electron chi connectivity index (χ0n) is 22.5. The summed E-state index contributed by atoms with van der Waals surface area (Å²) in [4.78, 5) is 0. The van der Waals surface area contributed by atoms with E-state index in [1.54, 1.807) is 0 Å². The van der Waals surface area contributed by atoms with Gasteiger partial charge in [-0.25, -0.2) is 9.13 Å². The monoisotopic (exact) mass is 556 g/mol. The predicted octanol–water partition coefficient (Wildman–Crippen LogP) is 7.84. The third-order valence-corrected chi connectivity index (χ3v) is 9.76. The van der Waals surface area contributed by atoms with Crippen LogP contribution in [0.25, 0.3) is 21.5 Å². The first-order chi connectivity index (χ1) is 19.8. The molecule has 0 N–H and O–H groups in total. The third-order valence-electron chi connectivity index (χ3n) is 7.61. The summed E-state index contributed by atoms with van der Waals surface area (Å²) in [5, 5.41) is 5.31. The summed E-state index contributed by atoms with van der Waals surface area (Å²) in [5.41, 5.74) is 8.37. The molecule has 1 aliphatic rings. The number of rotatable bonds is 4. The van der Waals surface area contributed by atoms with E-state index in [4.69, 9.17) is 0 Å². The molecule has 0 saturated carbocycles. The molecule has 2 aromatic heterocycles. The fourth-order valence-corrected chi connectivity index (χ4v) is 7.66. The lowest BCUT2D eigenvalue weighted by Crippen LogP contribution is -2.35. The Morgan fingerprint density at radius 3 is 1.25 bits per heavy atom. The Balaban J connectivity index is 1.13. The molecule has 2 nitrogen and oxygen atoms in total. The van der Waals surface area contributed by atoms with Crippen LogP contribution in [-0.2, 0) is 36.1 Å². The minimum Gasteiger partial charge on any atom is -0.200 e. The van der Waals surface area contributed by atoms with E-state index in [0.29, 0.717) is 0 Å². The number of hydrogen-bond acceptors (Lipinski definition) is 2. The highest BCUT2D eigenvalue weighted by Crippen LogP contribution is 2.25. The summed E-state index contributed by atoms with van der Waals surface area (Å²) in [6, 6.07) is 35.6. The molecule has 0 amide bonds. The van der Waals surface area contributed by atoms with Gasteiger partial charge in [0.2, 0.25) is 0 Å². The highest BCUT2D eigenvalue weighted by molar-refractivity contribution is 7.98. The van der Waals surface area contributed by atoms with Gasteiger partial charge in [-0.1, -0.05) is 84.9 Å². The van der Waals surface area contributed by atoms with E-state index >= 15 is 0 Å². The van der Waals surface area contributed by atoms with Crippen molar-refractivity contribution in [3.63, 3.8) is 0 Å². The van der Waals surface area contributed by atoms with Gasteiger partial charge < -0.3 is 0 Å². The van der Waals surface area contributed by atoms with E-state index in [1.807, 2.05) is 23.5 Å². The maximum absolute atomic E-state index is 2.41. The van der Waals surface area contributed by atoms with Crippen LogP contribution in [0.5, 0.6) is 0 Å². The largest absolute Gasteiger partial charge is 0.200 e. The molecular formula is C36H32N2S2+2. The van der Waals surface area contributed by atoms with Crippen molar-refractivity contribution in [3.05, 3.63) is 155 Å². The molecule has 0 atom stereocenters. The Morgan fingerprint density at radius 2 is 0.825 bits per heavy atom. The summed E-state index contributed by atoms with van der Waals surface area (Å²) in [7, 11) is 0. The predicted molar refractivity (Wildman–Crippen MR) is 169 cm³/mol. The molecule has 4 heteroatoms. The first-order valence-electron chi connectivity index (χ1n) is 13.9. The van der Waals surface area contributed by atoms with Crippen LogP contribution in [-0.4, -0.2) is 0 Å². The molecule has 0 aliphatic carbocycles. The number of benzene rings is 4. The van der Waals surface area contributed by atoms with Crippen LogP contribution in [0.1, 0.15) is 33.4 Å². The molecule has 6 aromatic rings. The molecule has 7 rings (SSSR count). The topological polar surface area (TPSA) is 7.76 Å². The molecule has 0 radical (unpaired) electrons. The lowest BCUT2D eigenvalue weighted by molar-refractivity contribution is -0.688. The van der Waals surface area contributed by atoms with Crippen LogP contribution in [0.4, 0.5) is 0 Å². The first kappa shape index (κ1) is 25.4. The van der Waals surface area contributed by atoms with E-state index in [9.17, 15) is 0 Å². The maximum atomic E-state index is 2.41. The van der Waals surface area contributed by atoms with Gasteiger partial charge in [-0.15, -0.1) is 0 Å². The van der Waals surface area contributed by atoms with Gasteiger partial charge in [0.25, 0.3) is 0 Å². The van der Waals surface area contributed by atoms with Crippen molar-refractivity contribution in [2.45, 2.75) is 36.1 Å². The molecule has 0 spiro atoms. The molecule has 4 aromatic carbocycles. The van der Waals surface area contributed by atoms with Crippen LogP contribution in [0.2, 0.25) is 0 Å². The second kappa shape index (κ2) is 11.5. The van der Waals surface area contributed by atoms with Gasteiger partial charge in [0.15, 0.2) is 37.9 Å². The highest BCUT2D eigenvalue weighted by Gasteiger charge is 2.15. The second-order valence-corrected chi connectivity index (χ2v) is 12.7. The average molecular weight is 557 g/mol. The number of pyridine rings is 2. The van der Waals surface area contributed by atoms with Crippen molar-refractivity contribution in [2.24, 2.45) is 0 Å². The summed E-state index contributed by atoms with van der Waals surface area (Å²) in [5.74, 6) is 4.06. The Hall–Kier alpha value is -3.60. The quantitative estimate of drug-likeness (QED) is 0.204. The van der Waals surface area contributed by atoms with Gasteiger partial charge in [0.1, 0.15) is 0 Å². The van der Waals surface area contributed by atoms with Crippen molar-refractivity contribution in [1.29, 1.82) is 0 Å². The molecule has 1 aliphatic heterocycles. The standard InChI is InChI=1S/C36H32N2S2/c1-3-13-35-31(7-1)9-5-11-33(35)21-37-17-27-15-28(18-37)24-40-26-30-16-29(25-39-23-27)19-38(20-30)22-34-12-6-10-32-8-2-4-14-36(32)34/h1-20H,21-26H2/q+2. The van der Waals surface area contributed by atoms with E-state index in [2.05, 4.69) is 131 Å². The Morgan fingerprint density at radius 1 is 0.450 bits per heavy atom. The molecule has 0 saturated heterocycles. The van der Waals surface area contributed by atoms with E-state index in [1.165, 1.54) is 54.9 Å². The van der Waals surface area contributed by atoms with Crippen molar-refractivity contribution in [2.75, 3.05) is 0 Å². The molecule has 3 heterocycles. The van der Waals surface area contributed by atoms with Crippen LogP contribution < -0.4 is 9.13 Å². The normalized spacial score (nSPS) is 13.6. The molecular weight excluding hydrogens is 525 g/mol. The molecule has 0 unspecified atom stereocenters. The summed E-state index contributed by atoms with van der Waals surface area (Å²) < 4.78 is 4.80. The van der Waals surface area contributed by atoms with Crippen molar-refractivity contribution in [3.8, 4) is 0 Å². The van der Waals surface area contributed by atoms with Crippen LogP contribution in [0.15, 0.2) is 122 Å². The molecule has 4 bridgehead atoms. The SMILES string of the molecule is c1ccc2c(C[n+]3cc4cc(c3)CSCc3cc(c[n+](Cc5cccc6ccccc56)c3)CSC4)cccc2c1. The fraction of sp³-hybridized carbons (Fsp3) is 0.167. The highest BCUT2D eigenvalue weighted by atomic mass is 32.2. The second-order valence-electron chi connectivity index (χ2n) is 10.7. The Labute approximate surface area is 244 Å². The van der Waals surface area contributed by atoms with Gasteiger partial charge in [-0.3, -0.25) is 0 Å². The number of fused-ring (bicyclic) bond motifs is 6. The van der Waals surface area contributed by atoms with Crippen LogP contribution in [0, 0.1) is 0 Å². The van der Waals surface area contributed by atoms with Gasteiger partial charge in [-0.05, 0) is 33.7 Å². The van der Waals surface area contributed by atoms with E-state index in [-0.39, 0.29) is 0 Å². The maximum Gasteiger partial charge on any atom is 0.174 e. The smallest absolute Gasteiger partial charge is 0.174 e. The number of hydrogen-bond donors (Lipinski definition) is 0. The minimum absolute atomic E-state index is 0.894. The van der Waals surface area contributed by atoms with Gasteiger partial charge in [0.05, 0.1) is 0 Å². The minimum atomic E-state index is 0.894. The van der Waals surface area contributed by atoms with Crippen molar-refractivity contribution in [1.82, 2.24) is 0 Å². The van der Waals surface area contributed by atoms with Gasteiger partial charge >= 0.3 is 0 Å². The molecule has 196 valence electrons. The average Bonchev–Trinajstić information content (AvgIpc) is 2.97. The van der Waals surface area contributed by atoms with Crippen LogP contribution >= 0.6 is 23.5 Å². The van der Waals surface area contributed by atoms with E-state index < -0.39 is 0 Å². The van der Waals surface area contributed by atoms with Crippen molar-refractivity contribution < 1.29 is 9.13 Å². The van der Waals surface area contributed by atoms with Gasteiger partial charge in [0, 0.05) is 56.4 Å². The molecule has 0 fully saturated rings. The Kier molecular flexibility index (Phi) is 7.28. The first-order valence-corrected chi connectivity index (χ1v) is 16.2. The summed E-state index contributed by atoms with van der Waals surface area (Å²) in [6.07, 6.45) is 9.41. The Bertz CT molecular complexity index is 1640. The molecule has 40 heavy (non-hydrogen) atoms. The number of thioether (sulfide) groups is 2. The summed E-state index contributed by atoms with van der Waals surface area (Å²) >= 11 is 4.03. The van der Waals surface area contributed by atoms with Crippen LogP contribution in [0.3, 0.4) is 0 Å². The number of nitrogens with zero attached hydrogens (tertiary/aromatic N) is 2. The zero-order valence-corrected chi connectivity index (χ0v) is 24.1. The lowest BCUT2D eigenvalue weighted by Gasteiger charge is -2.11. The van der Waals surface area contributed by atoms with Gasteiger partial charge in [-0.2, -0.15) is 23.5 Å². The number of aromatic nitrogens is 2. The fourth-order valence-electron chi connectivity index (χ4n) is 5.88. The lowest BCUT2D eigenvalue weighted by atomic mass is 10.0. The zero-order chi connectivity index (χ0) is 26.7. The van der Waals surface area contributed by atoms with E-state index in [0.717, 1.165) is 36.1 Å². The third kappa shape index (κ3) is 5.65. The summed E-state index contributed by atoms with van der Waals surface area (Å²) in [6.45, 7) is 1.79.